The number of hydrogen-bond donors (Lipinski definition) is 2. The minimum absolute atomic E-state index is 0.0450. The van der Waals surface area contributed by atoms with Crippen LogP contribution >= 0.6 is 0 Å². The van der Waals surface area contributed by atoms with Crippen molar-refractivity contribution in [1.82, 2.24) is 30.1 Å². The van der Waals surface area contributed by atoms with Crippen LogP contribution in [-0.2, 0) is 16.3 Å². The van der Waals surface area contributed by atoms with Crippen LogP contribution in [0.5, 0.6) is 0 Å². The third kappa shape index (κ3) is 4.58. The number of aromatic amines is 2. The summed E-state index contributed by atoms with van der Waals surface area (Å²) in [4.78, 5) is 16.7. The number of pyridine rings is 3. The number of benzene rings is 1. The predicted molar refractivity (Wildman–Crippen MR) is 141 cm³/mol. The Labute approximate surface area is 211 Å². The van der Waals surface area contributed by atoms with Crippen molar-refractivity contribution in [2.24, 2.45) is 0 Å². The molecule has 5 heterocycles. The van der Waals surface area contributed by atoms with Crippen LogP contribution in [-0.4, -0.2) is 50.6 Å². The molecule has 0 amide bonds. The van der Waals surface area contributed by atoms with Gasteiger partial charge in [-0.15, -0.1) is 0 Å². The summed E-state index contributed by atoms with van der Waals surface area (Å²) in [6, 6.07) is 16.0. The van der Waals surface area contributed by atoms with Crippen molar-refractivity contribution in [1.29, 1.82) is 0 Å². The fraction of sp³-hybridized carbons (Fsp3) is 0.111. The van der Waals surface area contributed by atoms with E-state index in [9.17, 15) is 12.8 Å². The number of nitrogens with zero attached hydrogens (tertiary/aromatic N) is 4. The standard InChI is InChI=1S/C27H21FN6O2S/c1-37(35,36)11-7-16-12-18(14-19(28)13-16)20-6-10-30-27-21(20)15-24(32-27)26-25-23(33-34-26)3-2-22(31-25)17-4-8-29-9-5-17/h2-6,8-10,12-15H,7,11H2,1H3,(H,30,32)(H,33,34). The lowest BCUT2D eigenvalue weighted by molar-refractivity contribution is 0.600. The molecule has 0 aliphatic carbocycles. The molecule has 0 aliphatic heterocycles. The van der Waals surface area contributed by atoms with Crippen LogP contribution in [0.1, 0.15) is 5.56 Å². The second kappa shape index (κ2) is 8.90. The maximum atomic E-state index is 14.5. The highest BCUT2D eigenvalue weighted by atomic mass is 32.2. The van der Waals surface area contributed by atoms with E-state index in [1.54, 1.807) is 18.6 Å². The van der Waals surface area contributed by atoms with Gasteiger partial charge >= 0.3 is 0 Å². The second-order valence-corrected chi connectivity index (χ2v) is 11.2. The number of nitrogens with one attached hydrogen (secondary N) is 2. The topological polar surface area (TPSA) is 117 Å². The molecule has 0 bridgehead atoms. The van der Waals surface area contributed by atoms with Gasteiger partial charge in [-0.25, -0.2) is 22.8 Å². The highest BCUT2D eigenvalue weighted by Gasteiger charge is 2.17. The van der Waals surface area contributed by atoms with Gasteiger partial charge in [-0.05, 0) is 71.6 Å². The van der Waals surface area contributed by atoms with Crippen LogP contribution in [0.4, 0.5) is 4.39 Å². The third-order valence-electron chi connectivity index (χ3n) is 6.20. The number of sulfone groups is 1. The lowest BCUT2D eigenvalue weighted by Crippen LogP contribution is -2.06. The number of aromatic nitrogens is 6. The van der Waals surface area contributed by atoms with Gasteiger partial charge in [0, 0.05) is 35.8 Å². The van der Waals surface area contributed by atoms with Gasteiger partial charge in [0.15, 0.2) is 0 Å². The summed E-state index contributed by atoms with van der Waals surface area (Å²) >= 11 is 0. The number of halogens is 1. The molecule has 0 saturated heterocycles. The van der Waals surface area contributed by atoms with E-state index in [0.717, 1.165) is 27.7 Å². The SMILES string of the molecule is CS(=O)(=O)CCc1cc(F)cc(-c2ccnc3[nH]c(-c4n[nH]c5ccc(-c6ccncc6)nc45)cc23)c1. The fourth-order valence-corrected chi connectivity index (χ4v) is 5.04. The van der Waals surface area contributed by atoms with Gasteiger partial charge < -0.3 is 4.98 Å². The van der Waals surface area contributed by atoms with Crippen molar-refractivity contribution in [3.05, 3.63) is 84.6 Å². The highest BCUT2D eigenvalue weighted by Crippen LogP contribution is 2.34. The Kier molecular flexibility index (Phi) is 5.53. The van der Waals surface area contributed by atoms with Crippen molar-refractivity contribution in [3.8, 4) is 33.8 Å². The molecule has 0 saturated carbocycles. The molecule has 37 heavy (non-hydrogen) atoms. The molecular weight excluding hydrogens is 491 g/mol. The summed E-state index contributed by atoms with van der Waals surface area (Å²) in [5.74, 6) is -0.468. The molecule has 0 radical (unpaired) electrons. The van der Waals surface area contributed by atoms with Crippen LogP contribution in [0.25, 0.3) is 55.8 Å². The first-order valence-corrected chi connectivity index (χ1v) is 13.6. The van der Waals surface area contributed by atoms with E-state index < -0.39 is 15.7 Å². The monoisotopic (exact) mass is 512 g/mol. The molecule has 6 aromatic rings. The lowest BCUT2D eigenvalue weighted by Gasteiger charge is -2.07. The molecule has 6 rings (SSSR count). The van der Waals surface area contributed by atoms with E-state index in [2.05, 4.69) is 25.1 Å². The fourth-order valence-electron chi connectivity index (χ4n) is 4.43. The van der Waals surface area contributed by atoms with Gasteiger partial charge in [-0.3, -0.25) is 10.1 Å². The first kappa shape index (κ1) is 23.0. The molecule has 8 nitrogen and oxygen atoms in total. The third-order valence-corrected chi connectivity index (χ3v) is 7.15. The largest absolute Gasteiger partial charge is 0.338 e. The number of aryl methyl sites for hydroxylation is 1. The van der Waals surface area contributed by atoms with E-state index in [4.69, 9.17) is 4.98 Å². The van der Waals surface area contributed by atoms with Gasteiger partial charge in [0.25, 0.3) is 0 Å². The van der Waals surface area contributed by atoms with Gasteiger partial charge in [-0.2, -0.15) is 5.10 Å². The second-order valence-electron chi connectivity index (χ2n) is 8.93. The van der Waals surface area contributed by atoms with Crippen LogP contribution in [0.2, 0.25) is 0 Å². The molecule has 1 aromatic carbocycles. The van der Waals surface area contributed by atoms with Gasteiger partial charge in [-0.1, -0.05) is 6.07 Å². The van der Waals surface area contributed by atoms with E-state index in [-0.39, 0.29) is 12.2 Å². The number of rotatable bonds is 6. The minimum atomic E-state index is -3.16. The molecule has 0 spiro atoms. The van der Waals surface area contributed by atoms with Crippen molar-refractivity contribution in [2.45, 2.75) is 6.42 Å². The molecule has 10 heteroatoms. The molecular formula is C27H21FN6O2S. The first-order valence-electron chi connectivity index (χ1n) is 11.6. The van der Waals surface area contributed by atoms with E-state index in [1.807, 2.05) is 42.5 Å². The molecule has 184 valence electrons. The minimum Gasteiger partial charge on any atom is -0.338 e. The van der Waals surface area contributed by atoms with E-state index in [1.165, 1.54) is 18.4 Å². The summed E-state index contributed by atoms with van der Waals surface area (Å²) < 4.78 is 37.7. The maximum Gasteiger partial charge on any atom is 0.147 e. The van der Waals surface area contributed by atoms with E-state index >= 15 is 0 Å². The Bertz CT molecular complexity index is 1880. The Morgan fingerprint density at radius 3 is 2.59 bits per heavy atom. The zero-order chi connectivity index (χ0) is 25.6. The Morgan fingerprint density at radius 2 is 1.78 bits per heavy atom. The normalized spacial score (nSPS) is 11.9. The van der Waals surface area contributed by atoms with Gasteiger partial charge in [0.1, 0.15) is 32.5 Å². The van der Waals surface area contributed by atoms with Crippen molar-refractivity contribution in [3.63, 3.8) is 0 Å². The molecule has 2 N–H and O–H groups in total. The average Bonchev–Trinajstić information content (AvgIpc) is 3.51. The van der Waals surface area contributed by atoms with Crippen LogP contribution in [0.3, 0.4) is 0 Å². The molecule has 0 aliphatic rings. The lowest BCUT2D eigenvalue weighted by atomic mass is 10.00. The molecule has 0 atom stereocenters. The zero-order valence-electron chi connectivity index (χ0n) is 19.7. The zero-order valence-corrected chi connectivity index (χ0v) is 20.6. The first-order chi connectivity index (χ1) is 17.8. The average molecular weight is 513 g/mol. The molecule has 0 fully saturated rings. The number of H-pyrrole nitrogens is 2. The van der Waals surface area contributed by atoms with Crippen molar-refractivity contribution >= 4 is 31.9 Å². The van der Waals surface area contributed by atoms with Crippen molar-refractivity contribution in [2.75, 3.05) is 12.0 Å². The Morgan fingerprint density at radius 1 is 0.946 bits per heavy atom. The van der Waals surface area contributed by atoms with Crippen LogP contribution < -0.4 is 0 Å². The summed E-state index contributed by atoms with van der Waals surface area (Å²) in [5.41, 5.74) is 7.26. The highest BCUT2D eigenvalue weighted by molar-refractivity contribution is 7.90. The number of hydrogen-bond acceptors (Lipinski definition) is 6. The van der Waals surface area contributed by atoms with Crippen LogP contribution in [0.15, 0.2) is 73.2 Å². The van der Waals surface area contributed by atoms with Crippen LogP contribution in [0, 0.1) is 5.82 Å². The molecule has 5 aromatic heterocycles. The van der Waals surface area contributed by atoms with E-state index in [0.29, 0.717) is 33.7 Å². The summed E-state index contributed by atoms with van der Waals surface area (Å²) in [6.45, 7) is 0. The van der Waals surface area contributed by atoms with Crippen molar-refractivity contribution < 1.29 is 12.8 Å². The van der Waals surface area contributed by atoms with Gasteiger partial charge in [0.2, 0.25) is 0 Å². The smallest absolute Gasteiger partial charge is 0.147 e. The summed E-state index contributed by atoms with van der Waals surface area (Å²) in [6.07, 6.45) is 6.51. The summed E-state index contributed by atoms with van der Waals surface area (Å²) in [5, 5.41) is 8.32. The quantitative estimate of drug-likeness (QED) is 0.326. The maximum absolute atomic E-state index is 14.5. The predicted octanol–water partition coefficient (Wildman–Crippen LogP) is 4.96. The Hall–Kier alpha value is -4.44. The van der Waals surface area contributed by atoms with Gasteiger partial charge in [0.05, 0.1) is 22.7 Å². The Balaban J connectivity index is 1.44. The number of fused-ring (bicyclic) bond motifs is 2. The summed E-state index contributed by atoms with van der Waals surface area (Å²) in [7, 11) is -3.16. The molecule has 0 unspecified atom stereocenters.